The van der Waals surface area contributed by atoms with Crippen LogP contribution in [0.5, 0.6) is 0 Å². The smallest absolute Gasteiger partial charge is 0.255 e. The lowest BCUT2D eigenvalue weighted by atomic mass is 10.0. The van der Waals surface area contributed by atoms with E-state index < -0.39 is 11.9 Å². The molecular weight excluding hydrogens is 368 g/mol. The second-order valence-electron chi connectivity index (χ2n) is 7.66. The monoisotopic (exact) mass is 392 g/mol. The molecule has 4 N–H and O–H groups in total. The molecule has 2 aliphatic heterocycles. The quantitative estimate of drug-likeness (QED) is 0.676. The van der Waals surface area contributed by atoms with Gasteiger partial charge in [0.2, 0.25) is 11.8 Å². The first-order valence-electron chi connectivity index (χ1n) is 9.78. The fourth-order valence-corrected chi connectivity index (χ4v) is 3.85. The van der Waals surface area contributed by atoms with Crippen molar-refractivity contribution in [2.24, 2.45) is 5.73 Å². The van der Waals surface area contributed by atoms with Gasteiger partial charge in [-0.15, -0.1) is 0 Å². The minimum absolute atomic E-state index is 0.0346. The summed E-state index contributed by atoms with van der Waals surface area (Å²) in [4.78, 5) is 38.0. The zero-order valence-electron chi connectivity index (χ0n) is 16.3. The maximum Gasteiger partial charge on any atom is 0.255 e. The van der Waals surface area contributed by atoms with E-state index in [0.29, 0.717) is 25.1 Å². The predicted octanol–water partition coefficient (Wildman–Crippen LogP) is 2.08. The Balaban J connectivity index is 1.46. The van der Waals surface area contributed by atoms with Crippen molar-refractivity contribution in [3.63, 3.8) is 0 Å². The third-order valence-corrected chi connectivity index (χ3v) is 5.50. The number of hydrogen-bond donors (Lipinski definition) is 3. The van der Waals surface area contributed by atoms with E-state index in [4.69, 9.17) is 5.73 Å². The average Bonchev–Trinajstić information content (AvgIpc) is 3.02. The van der Waals surface area contributed by atoms with Gasteiger partial charge in [-0.05, 0) is 48.2 Å². The molecule has 0 aromatic heterocycles. The summed E-state index contributed by atoms with van der Waals surface area (Å²) in [5.41, 5.74) is 10.5. The molecular formula is C22H24N4O3. The van der Waals surface area contributed by atoms with E-state index >= 15 is 0 Å². The molecule has 0 spiro atoms. The molecule has 1 saturated heterocycles. The lowest BCUT2D eigenvalue weighted by Gasteiger charge is -2.29. The third kappa shape index (κ3) is 3.86. The number of carbonyl (C=O) groups is 3. The van der Waals surface area contributed by atoms with Crippen molar-refractivity contribution >= 4 is 23.4 Å². The van der Waals surface area contributed by atoms with Crippen LogP contribution in [0.2, 0.25) is 0 Å². The highest BCUT2D eigenvalue weighted by molar-refractivity contribution is 6.05. The fourth-order valence-electron chi connectivity index (χ4n) is 3.85. The molecule has 0 saturated carbocycles. The number of rotatable bonds is 5. The summed E-state index contributed by atoms with van der Waals surface area (Å²) in [6, 6.07) is 13.1. The van der Waals surface area contributed by atoms with Crippen LogP contribution in [-0.4, -0.2) is 28.7 Å². The van der Waals surface area contributed by atoms with Gasteiger partial charge in [-0.1, -0.05) is 24.3 Å². The van der Waals surface area contributed by atoms with Crippen LogP contribution in [0.1, 0.15) is 52.9 Å². The fraction of sp³-hybridized carbons (Fsp3) is 0.318. The summed E-state index contributed by atoms with van der Waals surface area (Å²) in [6.07, 6.45) is 0.626. The van der Waals surface area contributed by atoms with Crippen molar-refractivity contribution < 1.29 is 14.4 Å². The number of nitrogens with zero attached hydrogens (tertiary/aromatic N) is 1. The Morgan fingerprint density at radius 2 is 2.03 bits per heavy atom. The van der Waals surface area contributed by atoms with Gasteiger partial charge < -0.3 is 16.0 Å². The Kier molecular flexibility index (Phi) is 5.07. The Labute approximate surface area is 169 Å². The van der Waals surface area contributed by atoms with Crippen LogP contribution in [0, 0.1) is 0 Å². The highest BCUT2D eigenvalue weighted by Crippen LogP contribution is 2.28. The highest BCUT2D eigenvalue weighted by atomic mass is 16.2. The van der Waals surface area contributed by atoms with Gasteiger partial charge in [0.25, 0.3) is 5.91 Å². The molecule has 3 amide bonds. The second-order valence-corrected chi connectivity index (χ2v) is 7.66. The van der Waals surface area contributed by atoms with Crippen molar-refractivity contribution in [2.75, 3.05) is 5.32 Å². The SMILES string of the molecule is C[C@@H](N)c1cccc(NCc2ccc3c(c2)C(=O)N(C2CCC(=O)NC2=O)C3)c1. The molecule has 2 aromatic rings. The van der Waals surface area contributed by atoms with Crippen LogP contribution in [-0.2, 0) is 22.7 Å². The van der Waals surface area contributed by atoms with Crippen molar-refractivity contribution in [2.45, 2.75) is 44.9 Å². The van der Waals surface area contributed by atoms with E-state index in [1.165, 1.54) is 0 Å². The van der Waals surface area contributed by atoms with Crippen LogP contribution >= 0.6 is 0 Å². The maximum absolute atomic E-state index is 12.9. The molecule has 4 rings (SSSR count). The summed E-state index contributed by atoms with van der Waals surface area (Å²) < 4.78 is 0. The van der Waals surface area contributed by atoms with Gasteiger partial charge in [0, 0.05) is 36.8 Å². The van der Waals surface area contributed by atoms with Gasteiger partial charge in [-0.3, -0.25) is 19.7 Å². The Hall–Kier alpha value is -3.19. The standard InChI is InChI=1S/C22H24N4O3/c1-13(23)15-3-2-4-17(10-15)24-11-14-5-6-16-12-26(22(29)18(16)9-14)19-7-8-20(27)25-21(19)28/h2-6,9-10,13,19,24H,7-8,11-12,23H2,1H3,(H,25,27,28)/t13-,19?/m1/s1. The molecule has 2 heterocycles. The van der Waals surface area contributed by atoms with E-state index in [2.05, 4.69) is 10.6 Å². The molecule has 1 unspecified atom stereocenters. The van der Waals surface area contributed by atoms with Crippen LogP contribution in [0.4, 0.5) is 5.69 Å². The normalized spacial score (nSPS) is 19.7. The Morgan fingerprint density at radius 1 is 1.21 bits per heavy atom. The summed E-state index contributed by atoms with van der Waals surface area (Å²) in [7, 11) is 0. The number of benzene rings is 2. The first kappa shape index (κ1) is 19.1. The van der Waals surface area contributed by atoms with E-state index in [1.807, 2.05) is 49.4 Å². The zero-order valence-corrected chi connectivity index (χ0v) is 16.3. The van der Waals surface area contributed by atoms with E-state index in [9.17, 15) is 14.4 Å². The first-order chi connectivity index (χ1) is 13.9. The Bertz CT molecular complexity index is 986. The van der Waals surface area contributed by atoms with Gasteiger partial charge in [0.15, 0.2) is 0 Å². The van der Waals surface area contributed by atoms with Crippen molar-refractivity contribution in [1.82, 2.24) is 10.2 Å². The van der Waals surface area contributed by atoms with Crippen LogP contribution in [0.3, 0.4) is 0 Å². The molecule has 7 heteroatoms. The van der Waals surface area contributed by atoms with Crippen molar-refractivity contribution in [3.8, 4) is 0 Å². The summed E-state index contributed by atoms with van der Waals surface area (Å²) in [5.74, 6) is -0.828. The van der Waals surface area contributed by atoms with E-state index in [-0.39, 0.29) is 24.3 Å². The Morgan fingerprint density at radius 3 is 2.79 bits per heavy atom. The molecule has 0 radical (unpaired) electrons. The number of fused-ring (bicyclic) bond motifs is 1. The summed E-state index contributed by atoms with van der Waals surface area (Å²) in [6.45, 7) is 2.91. The first-order valence-corrected chi connectivity index (χ1v) is 9.78. The minimum atomic E-state index is -0.588. The number of nitrogens with two attached hydrogens (primary N) is 1. The van der Waals surface area contributed by atoms with Crippen molar-refractivity contribution in [3.05, 3.63) is 64.7 Å². The number of amides is 3. The zero-order chi connectivity index (χ0) is 20.5. The molecule has 2 atom stereocenters. The predicted molar refractivity (Wildman–Crippen MR) is 109 cm³/mol. The van der Waals surface area contributed by atoms with Crippen LogP contribution in [0.15, 0.2) is 42.5 Å². The topological polar surface area (TPSA) is 105 Å². The maximum atomic E-state index is 12.9. The average molecular weight is 392 g/mol. The summed E-state index contributed by atoms with van der Waals surface area (Å²) >= 11 is 0. The minimum Gasteiger partial charge on any atom is -0.381 e. The lowest BCUT2D eigenvalue weighted by Crippen LogP contribution is -2.52. The van der Waals surface area contributed by atoms with Gasteiger partial charge in [0.1, 0.15) is 6.04 Å². The molecule has 7 nitrogen and oxygen atoms in total. The van der Waals surface area contributed by atoms with Gasteiger partial charge in [-0.25, -0.2) is 0 Å². The second kappa shape index (κ2) is 7.67. The van der Waals surface area contributed by atoms with E-state index in [1.54, 1.807) is 4.90 Å². The van der Waals surface area contributed by atoms with Crippen molar-refractivity contribution in [1.29, 1.82) is 0 Å². The number of carbonyl (C=O) groups excluding carboxylic acids is 3. The number of piperidine rings is 1. The number of nitrogens with one attached hydrogen (secondary N) is 2. The summed E-state index contributed by atoms with van der Waals surface area (Å²) in [5, 5.41) is 5.69. The molecule has 0 bridgehead atoms. The van der Waals surface area contributed by atoms with Gasteiger partial charge >= 0.3 is 0 Å². The largest absolute Gasteiger partial charge is 0.381 e. The number of imide groups is 1. The van der Waals surface area contributed by atoms with Gasteiger partial charge in [0.05, 0.1) is 0 Å². The third-order valence-electron chi connectivity index (χ3n) is 5.50. The lowest BCUT2D eigenvalue weighted by molar-refractivity contribution is -0.136. The molecule has 2 aliphatic rings. The number of anilines is 1. The molecule has 2 aromatic carbocycles. The molecule has 0 aliphatic carbocycles. The molecule has 1 fully saturated rings. The van der Waals surface area contributed by atoms with Gasteiger partial charge in [-0.2, -0.15) is 0 Å². The highest BCUT2D eigenvalue weighted by Gasteiger charge is 2.39. The van der Waals surface area contributed by atoms with Crippen LogP contribution in [0.25, 0.3) is 0 Å². The van der Waals surface area contributed by atoms with Crippen LogP contribution < -0.4 is 16.4 Å². The number of hydrogen-bond acceptors (Lipinski definition) is 5. The molecule has 150 valence electrons. The molecule has 29 heavy (non-hydrogen) atoms. The van der Waals surface area contributed by atoms with E-state index in [0.717, 1.165) is 22.4 Å².